The molecule has 5 heteroatoms. The van der Waals surface area contributed by atoms with Gasteiger partial charge in [-0.2, -0.15) is 0 Å². The van der Waals surface area contributed by atoms with Crippen LogP contribution < -0.4 is 5.73 Å². The second-order valence-electron chi connectivity index (χ2n) is 4.25. The first kappa shape index (κ1) is 9.99. The monoisotopic (exact) mass is 234 g/mol. The Bertz CT molecular complexity index is 461. The molecule has 4 nitrogen and oxygen atoms in total. The van der Waals surface area contributed by atoms with Gasteiger partial charge in [0.05, 0.1) is 17.0 Å². The fraction of sp³-hybridized carbons (Fsp3) is 0.455. The van der Waals surface area contributed by atoms with Crippen LogP contribution in [-0.2, 0) is 0 Å². The normalized spacial score (nSPS) is 24.4. The lowest BCUT2D eigenvalue weighted by atomic mass is 10.0. The van der Waals surface area contributed by atoms with Crippen LogP contribution in [0.25, 0.3) is 10.7 Å². The van der Waals surface area contributed by atoms with Gasteiger partial charge in [-0.1, -0.05) is 6.07 Å². The van der Waals surface area contributed by atoms with Gasteiger partial charge in [0.2, 0.25) is 0 Å². The van der Waals surface area contributed by atoms with Gasteiger partial charge in [-0.15, -0.1) is 16.4 Å². The largest absolute Gasteiger partial charge is 0.321 e. The lowest BCUT2D eigenvalue weighted by molar-refractivity contribution is 0.350. The molecule has 84 valence electrons. The number of aromatic nitrogens is 3. The van der Waals surface area contributed by atoms with Gasteiger partial charge in [-0.05, 0) is 31.2 Å². The van der Waals surface area contributed by atoms with Crippen LogP contribution >= 0.6 is 11.3 Å². The minimum absolute atomic E-state index is 0.0393. The second-order valence-corrected chi connectivity index (χ2v) is 5.20. The van der Waals surface area contributed by atoms with Crippen LogP contribution in [0.15, 0.2) is 17.5 Å². The van der Waals surface area contributed by atoms with Crippen LogP contribution in [0.2, 0.25) is 0 Å². The van der Waals surface area contributed by atoms with Crippen LogP contribution in [0.5, 0.6) is 0 Å². The summed E-state index contributed by atoms with van der Waals surface area (Å²) in [7, 11) is 0. The summed E-state index contributed by atoms with van der Waals surface area (Å²) in [6.07, 6.45) is 2.09. The maximum atomic E-state index is 6.06. The number of fused-ring (bicyclic) bond motifs is 1. The summed E-state index contributed by atoms with van der Waals surface area (Å²) in [5.74, 6) is 1.75. The topological polar surface area (TPSA) is 56.7 Å². The van der Waals surface area contributed by atoms with Gasteiger partial charge in [0, 0.05) is 0 Å². The van der Waals surface area contributed by atoms with Gasteiger partial charge in [0.1, 0.15) is 5.82 Å². The Hall–Kier alpha value is -1.20. The molecule has 0 saturated carbocycles. The van der Waals surface area contributed by atoms with Crippen molar-refractivity contribution in [2.24, 2.45) is 5.73 Å². The summed E-state index contributed by atoms with van der Waals surface area (Å²) in [5.41, 5.74) is 6.06. The third-order valence-electron chi connectivity index (χ3n) is 3.04. The summed E-state index contributed by atoms with van der Waals surface area (Å²) < 4.78 is 1.99. The average molecular weight is 234 g/mol. The predicted octanol–water partition coefficient (Wildman–Crippen LogP) is 2.36. The zero-order valence-corrected chi connectivity index (χ0v) is 9.94. The summed E-state index contributed by atoms with van der Waals surface area (Å²) in [4.78, 5) is 5.67. The number of nitrogens with two attached hydrogens (primary N) is 1. The first-order valence-corrected chi connectivity index (χ1v) is 6.39. The van der Waals surface area contributed by atoms with E-state index in [0.29, 0.717) is 6.04 Å². The molecule has 1 aliphatic heterocycles. The Balaban J connectivity index is 2.08. The molecule has 0 bridgehead atoms. The lowest BCUT2D eigenvalue weighted by Crippen LogP contribution is -2.25. The van der Waals surface area contributed by atoms with Crippen molar-refractivity contribution >= 4 is 11.3 Å². The molecule has 16 heavy (non-hydrogen) atoms. The minimum Gasteiger partial charge on any atom is -0.321 e. The van der Waals surface area contributed by atoms with Crippen molar-refractivity contribution in [3.63, 3.8) is 0 Å². The second kappa shape index (κ2) is 3.68. The third-order valence-corrected chi connectivity index (χ3v) is 3.91. The summed E-state index contributed by atoms with van der Waals surface area (Å²) in [6.45, 7) is 2.17. The van der Waals surface area contributed by atoms with Crippen molar-refractivity contribution in [1.29, 1.82) is 0 Å². The maximum absolute atomic E-state index is 6.06. The molecule has 2 unspecified atom stereocenters. The van der Waals surface area contributed by atoms with Crippen molar-refractivity contribution < 1.29 is 0 Å². The van der Waals surface area contributed by atoms with E-state index in [1.54, 1.807) is 11.3 Å². The number of nitrogens with zero attached hydrogens (tertiary/aromatic N) is 3. The molecule has 2 aromatic rings. The molecular weight excluding hydrogens is 220 g/mol. The molecule has 1 aliphatic rings. The zero-order valence-electron chi connectivity index (χ0n) is 9.13. The van der Waals surface area contributed by atoms with Crippen molar-refractivity contribution in [3.05, 3.63) is 23.3 Å². The van der Waals surface area contributed by atoms with Gasteiger partial charge in [0.25, 0.3) is 0 Å². The number of hydrogen-bond donors (Lipinski definition) is 1. The van der Waals surface area contributed by atoms with Gasteiger partial charge >= 0.3 is 0 Å². The number of rotatable bonds is 1. The minimum atomic E-state index is 0.0393. The Labute approximate surface area is 98.1 Å². The fourth-order valence-corrected chi connectivity index (χ4v) is 2.75. The SMILES string of the molecule is CC1CCC(N)c2nc(-c3cccs3)nn21. The molecule has 0 saturated heterocycles. The highest BCUT2D eigenvalue weighted by molar-refractivity contribution is 7.13. The van der Waals surface area contributed by atoms with Gasteiger partial charge in [-0.3, -0.25) is 0 Å². The van der Waals surface area contributed by atoms with E-state index < -0.39 is 0 Å². The van der Waals surface area contributed by atoms with Crippen LogP contribution in [0.4, 0.5) is 0 Å². The molecular formula is C11H14N4S. The molecule has 2 aromatic heterocycles. The van der Waals surface area contributed by atoms with Crippen LogP contribution in [0.3, 0.4) is 0 Å². The van der Waals surface area contributed by atoms with Crippen LogP contribution in [0, 0.1) is 0 Å². The molecule has 0 fully saturated rings. The van der Waals surface area contributed by atoms with E-state index in [1.165, 1.54) is 0 Å². The third kappa shape index (κ3) is 1.47. The van der Waals surface area contributed by atoms with Crippen molar-refractivity contribution in [3.8, 4) is 10.7 Å². The van der Waals surface area contributed by atoms with E-state index in [2.05, 4.69) is 17.0 Å². The van der Waals surface area contributed by atoms with Crippen molar-refractivity contribution in [2.45, 2.75) is 31.8 Å². The summed E-state index contributed by atoms with van der Waals surface area (Å²) >= 11 is 1.66. The fourth-order valence-electron chi connectivity index (χ4n) is 2.09. The highest BCUT2D eigenvalue weighted by atomic mass is 32.1. The molecule has 0 aliphatic carbocycles. The smallest absolute Gasteiger partial charge is 0.191 e. The Morgan fingerprint density at radius 2 is 2.38 bits per heavy atom. The molecule has 0 spiro atoms. The standard InChI is InChI=1S/C11H14N4S/c1-7-4-5-8(12)11-13-10(14-15(7)11)9-3-2-6-16-9/h2-3,6-8H,4-5,12H2,1H3. The van der Waals surface area contributed by atoms with E-state index in [9.17, 15) is 0 Å². The van der Waals surface area contributed by atoms with E-state index >= 15 is 0 Å². The van der Waals surface area contributed by atoms with Gasteiger partial charge < -0.3 is 5.73 Å². The molecule has 2 atom stereocenters. The Morgan fingerprint density at radius 3 is 3.06 bits per heavy atom. The maximum Gasteiger partial charge on any atom is 0.191 e. The first-order valence-electron chi connectivity index (χ1n) is 5.51. The van der Waals surface area contributed by atoms with Crippen molar-refractivity contribution in [2.75, 3.05) is 0 Å². The number of hydrogen-bond acceptors (Lipinski definition) is 4. The van der Waals surface area contributed by atoms with Gasteiger partial charge in [0.15, 0.2) is 5.82 Å². The molecule has 0 aromatic carbocycles. The highest BCUT2D eigenvalue weighted by Gasteiger charge is 2.26. The molecule has 0 radical (unpaired) electrons. The first-order chi connectivity index (χ1) is 7.75. The van der Waals surface area contributed by atoms with Crippen LogP contribution in [-0.4, -0.2) is 14.8 Å². The van der Waals surface area contributed by atoms with Gasteiger partial charge in [-0.25, -0.2) is 9.67 Å². The molecule has 0 amide bonds. The van der Waals surface area contributed by atoms with Crippen molar-refractivity contribution in [1.82, 2.24) is 14.8 Å². The van der Waals surface area contributed by atoms with Crippen LogP contribution in [0.1, 0.15) is 37.7 Å². The average Bonchev–Trinajstić information content (AvgIpc) is 2.90. The molecule has 3 heterocycles. The lowest BCUT2D eigenvalue weighted by Gasteiger charge is -2.23. The molecule has 2 N–H and O–H groups in total. The quantitative estimate of drug-likeness (QED) is 0.824. The highest BCUT2D eigenvalue weighted by Crippen LogP contribution is 2.31. The Kier molecular flexibility index (Phi) is 2.29. The molecule has 3 rings (SSSR count). The van der Waals surface area contributed by atoms with E-state index in [-0.39, 0.29) is 6.04 Å². The predicted molar refractivity (Wildman–Crippen MR) is 64.2 cm³/mol. The van der Waals surface area contributed by atoms with E-state index in [0.717, 1.165) is 29.4 Å². The summed E-state index contributed by atoms with van der Waals surface area (Å²) in [5, 5.41) is 6.60. The Morgan fingerprint density at radius 1 is 1.50 bits per heavy atom. The van der Waals surface area contributed by atoms with E-state index in [1.807, 2.05) is 22.2 Å². The zero-order chi connectivity index (χ0) is 11.1. The van der Waals surface area contributed by atoms with E-state index in [4.69, 9.17) is 5.73 Å². The summed E-state index contributed by atoms with van der Waals surface area (Å²) in [6, 6.07) is 4.51. The number of thiophene rings is 1.